The Labute approximate surface area is 183 Å². The van der Waals surface area contributed by atoms with Crippen molar-refractivity contribution >= 4 is 17.4 Å². The van der Waals surface area contributed by atoms with Crippen molar-refractivity contribution in [1.82, 2.24) is 4.90 Å². The van der Waals surface area contributed by atoms with Crippen LogP contribution in [0.15, 0.2) is 54.1 Å². The van der Waals surface area contributed by atoms with Crippen LogP contribution in [0.4, 0.5) is 0 Å². The van der Waals surface area contributed by atoms with Gasteiger partial charge in [-0.1, -0.05) is 36.8 Å². The van der Waals surface area contributed by atoms with E-state index in [4.69, 9.17) is 4.74 Å². The average molecular weight is 424 g/mol. The third-order valence-electron chi connectivity index (χ3n) is 5.39. The second-order valence-electron chi connectivity index (χ2n) is 8.23. The molecular formula is C25H31N2O4+. The summed E-state index contributed by atoms with van der Waals surface area (Å²) in [6, 6.07) is 14.1. The lowest BCUT2D eigenvalue weighted by Gasteiger charge is -2.25. The highest BCUT2D eigenvalue weighted by atomic mass is 16.5. The molecular weight excluding hydrogens is 392 g/mol. The molecule has 2 N–H and O–H groups in total. The van der Waals surface area contributed by atoms with Gasteiger partial charge in [0.05, 0.1) is 45.4 Å². The summed E-state index contributed by atoms with van der Waals surface area (Å²) in [5.41, 5.74) is 2.51. The lowest BCUT2D eigenvalue weighted by atomic mass is 9.94. The summed E-state index contributed by atoms with van der Waals surface area (Å²) < 4.78 is 5.60. The molecule has 0 radical (unpaired) electrons. The molecule has 0 bridgehead atoms. The Bertz CT molecular complexity index is 962. The smallest absolute Gasteiger partial charge is 0.295 e. The zero-order valence-corrected chi connectivity index (χ0v) is 18.6. The molecule has 1 amide bonds. The minimum atomic E-state index is -0.650. The number of Topliss-reactive ketones (excluding diaryl/α,β-unsaturated/α-hetero) is 1. The van der Waals surface area contributed by atoms with Crippen LogP contribution in [0.3, 0.4) is 0 Å². The number of carbonyl (C=O) groups is 2. The zero-order chi connectivity index (χ0) is 22.5. The predicted molar refractivity (Wildman–Crippen MR) is 120 cm³/mol. The monoisotopic (exact) mass is 423 g/mol. The van der Waals surface area contributed by atoms with Gasteiger partial charge in [0, 0.05) is 5.56 Å². The number of hydrogen-bond donors (Lipinski definition) is 2. The van der Waals surface area contributed by atoms with Crippen LogP contribution < -0.4 is 9.64 Å². The van der Waals surface area contributed by atoms with Crippen LogP contribution in [0.2, 0.25) is 0 Å². The summed E-state index contributed by atoms with van der Waals surface area (Å²) in [5.74, 6) is -0.687. The van der Waals surface area contributed by atoms with Crippen molar-refractivity contribution in [1.29, 1.82) is 0 Å². The number of hydrogen-bond acceptors (Lipinski definition) is 4. The fourth-order valence-corrected chi connectivity index (χ4v) is 3.63. The summed E-state index contributed by atoms with van der Waals surface area (Å²) in [5, 5.41) is 11.1. The van der Waals surface area contributed by atoms with Crippen LogP contribution in [-0.2, 0) is 9.59 Å². The van der Waals surface area contributed by atoms with Crippen LogP contribution in [0.25, 0.3) is 5.76 Å². The van der Waals surface area contributed by atoms with E-state index in [1.54, 1.807) is 29.2 Å². The van der Waals surface area contributed by atoms with E-state index in [-0.39, 0.29) is 11.3 Å². The first-order chi connectivity index (χ1) is 14.8. The van der Waals surface area contributed by atoms with Crippen molar-refractivity contribution in [2.45, 2.75) is 26.3 Å². The molecule has 1 heterocycles. The molecule has 1 atom stereocenters. The molecule has 6 nitrogen and oxygen atoms in total. The van der Waals surface area contributed by atoms with Crippen LogP contribution in [0.5, 0.6) is 5.75 Å². The Morgan fingerprint density at radius 1 is 1.06 bits per heavy atom. The van der Waals surface area contributed by atoms with Crippen molar-refractivity contribution in [3.63, 3.8) is 0 Å². The predicted octanol–water partition coefficient (Wildman–Crippen LogP) is 2.35. The number of quaternary nitrogens is 1. The first-order valence-electron chi connectivity index (χ1n) is 10.7. The first-order valence-corrected chi connectivity index (χ1v) is 10.7. The number of benzene rings is 2. The van der Waals surface area contributed by atoms with Crippen LogP contribution in [0, 0.1) is 6.92 Å². The third-order valence-corrected chi connectivity index (χ3v) is 5.39. The van der Waals surface area contributed by atoms with Gasteiger partial charge in [-0.25, -0.2) is 0 Å². The maximum absolute atomic E-state index is 13.0. The van der Waals surface area contributed by atoms with Gasteiger partial charge in [-0.05, 0) is 43.2 Å². The number of aliphatic hydroxyl groups is 1. The molecule has 0 unspecified atom stereocenters. The van der Waals surface area contributed by atoms with E-state index in [1.807, 2.05) is 52.2 Å². The molecule has 1 aliphatic rings. The molecule has 0 saturated carbocycles. The molecule has 3 rings (SSSR count). The summed E-state index contributed by atoms with van der Waals surface area (Å²) in [6.45, 7) is 5.74. The summed E-state index contributed by atoms with van der Waals surface area (Å²) >= 11 is 0. The molecule has 1 aliphatic heterocycles. The first kappa shape index (κ1) is 22.6. The minimum Gasteiger partial charge on any atom is -0.507 e. The van der Waals surface area contributed by atoms with Gasteiger partial charge in [0.15, 0.2) is 0 Å². The average Bonchev–Trinajstić information content (AvgIpc) is 3.01. The second kappa shape index (κ2) is 9.79. The number of amides is 1. The number of rotatable bonds is 8. The molecule has 0 spiro atoms. The minimum absolute atomic E-state index is 0.129. The highest BCUT2D eigenvalue weighted by molar-refractivity contribution is 6.46. The summed E-state index contributed by atoms with van der Waals surface area (Å²) in [4.78, 5) is 28.6. The standard InChI is InChI=1S/C25H30N2O4/c1-5-16-31-20-12-10-19(11-13-20)23(28)21-22(18-8-6-17(2)7-9-18)27(15-14-26(3)4)25(30)24(21)29/h6-13,22,28H,5,14-16H2,1-4H3/p+1/t22-/m0/s1. The van der Waals surface area contributed by atoms with Gasteiger partial charge in [-0.15, -0.1) is 0 Å². The van der Waals surface area contributed by atoms with Gasteiger partial charge in [-0.2, -0.15) is 0 Å². The Hall–Kier alpha value is -3.12. The molecule has 2 aromatic rings. The van der Waals surface area contributed by atoms with Gasteiger partial charge in [0.1, 0.15) is 11.5 Å². The Balaban J connectivity index is 2.04. The highest BCUT2D eigenvalue weighted by Gasteiger charge is 2.46. The molecule has 164 valence electrons. The SMILES string of the molecule is CCCOc1ccc(C(O)=C2C(=O)C(=O)N(CC[NH+](C)C)[C@H]2c2ccc(C)cc2)cc1. The summed E-state index contributed by atoms with van der Waals surface area (Å²) in [6.07, 6.45) is 0.899. The number of ether oxygens (including phenoxy) is 1. The van der Waals surface area contributed by atoms with E-state index < -0.39 is 17.7 Å². The fourth-order valence-electron chi connectivity index (χ4n) is 3.63. The number of ketones is 1. The molecule has 2 aromatic carbocycles. The van der Waals surface area contributed by atoms with Crippen molar-refractivity contribution in [3.8, 4) is 5.75 Å². The number of aryl methyl sites for hydroxylation is 1. The number of likely N-dealkylation sites (tertiary alicyclic amines) is 1. The van der Waals surface area contributed by atoms with Crippen LogP contribution in [0.1, 0.15) is 36.1 Å². The van der Waals surface area contributed by atoms with Crippen molar-refractivity contribution in [3.05, 3.63) is 70.8 Å². The van der Waals surface area contributed by atoms with E-state index in [2.05, 4.69) is 0 Å². The van der Waals surface area contributed by atoms with E-state index in [9.17, 15) is 14.7 Å². The van der Waals surface area contributed by atoms with Gasteiger partial charge >= 0.3 is 0 Å². The van der Waals surface area contributed by atoms with Crippen LogP contribution in [-0.4, -0.2) is 55.5 Å². The van der Waals surface area contributed by atoms with Crippen molar-refractivity contribution < 1.29 is 24.3 Å². The second-order valence-corrected chi connectivity index (χ2v) is 8.23. The maximum atomic E-state index is 13.0. The van der Waals surface area contributed by atoms with E-state index in [1.165, 1.54) is 4.90 Å². The van der Waals surface area contributed by atoms with Crippen molar-refractivity contribution in [2.24, 2.45) is 0 Å². The molecule has 1 saturated heterocycles. The van der Waals surface area contributed by atoms with Crippen LogP contribution >= 0.6 is 0 Å². The maximum Gasteiger partial charge on any atom is 0.295 e. The fraction of sp³-hybridized carbons (Fsp3) is 0.360. The van der Waals surface area contributed by atoms with Crippen molar-refractivity contribution in [2.75, 3.05) is 33.8 Å². The number of nitrogens with zero attached hydrogens (tertiary/aromatic N) is 1. The topological polar surface area (TPSA) is 71.3 Å². The molecule has 6 heteroatoms. The Kier molecular flexibility index (Phi) is 7.13. The number of nitrogens with one attached hydrogen (secondary N) is 1. The van der Waals surface area contributed by atoms with E-state index >= 15 is 0 Å². The van der Waals surface area contributed by atoms with E-state index in [0.717, 1.165) is 17.5 Å². The number of aliphatic hydroxyl groups excluding tert-OH is 1. The zero-order valence-electron chi connectivity index (χ0n) is 18.6. The molecule has 0 aromatic heterocycles. The normalized spacial score (nSPS) is 18.1. The molecule has 0 aliphatic carbocycles. The Morgan fingerprint density at radius 2 is 1.71 bits per heavy atom. The largest absolute Gasteiger partial charge is 0.507 e. The number of carbonyl (C=O) groups excluding carboxylic acids is 2. The lowest BCUT2D eigenvalue weighted by molar-refractivity contribution is -0.857. The summed E-state index contributed by atoms with van der Waals surface area (Å²) in [7, 11) is 4.00. The van der Waals surface area contributed by atoms with Gasteiger partial charge in [0.25, 0.3) is 11.7 Å². The van der Waals surface area contributed by atoms with Gasteiger partial charge in [-0.3, -0.25) is 9.59 Å². The Morgan fingerprint density at radius 3 is 2.29 bits per heavy atom. The highest BCUT2D eigenvalue weighted by Crippen LogP contribution is 2.39. The van der Waals surface area contributed by atoms with Gasteiger partial charge < -0.3 is 19.6 Å². The van der Waals surface area contributed by atoms with Gasteiger partial charge in [0.2, 0.25) is 0 Å². The third kappa shape index (κ3) is 4.97. The van der Waals surface area contributed by atoms with E-state index in [0.29, 0.717) is 31.0 Å². The molecule has 31 heavy (non-hydrogen) atoms. The number of likely N-dealkylation sites (N-methyl/N-ethyl adjacent to an activating group) is 1. The molecule has 1 fully saturated rings. The quantitative estimate of drug-likeness (QED) is 0.389. The lowest BCUT2D eigenvalue weighted by Crippen LogP contribution is -3.06.